The summed E-state index contributed by atoms with van der Waals surface area (Å²) in [6, 6.07) is 6.56. The molecule has 1 aromatic rings. The fraction of sp³-hybridized carbons (Fsp3) is 0.625. The Morgan fingerprint density at radius 1 is 1.12 bits per heavy atom. The van der Waals surface area contributed by atoms with Crippen LogP contribution in [0.25, 0.3) is 0 Å². The van der Waals surface area contributed by atoms with Gasteiger partial charge in [-0.3, -0.25) is 0 Å². The van der Waals surface area contributed by atoms with E-state index in [0.29, 0.717) is 0 Å². The van der Waals surface area contributed by atoms with E-state index < -0.39 is 0 Å². The monoisotopic (exact) mass is 231 g/mol. The molecular formula is C16H25N. The van der Waals surface area contributed by atoms with Gasteiger partial charge in [-0.25, -0.2) is 0 Å². The molecule has 1 aromatic carbocycles. The maximum Gasteiger partial charge on any atom is 0.0210 e. The van der Waals surface area contributed by atoms with Crippen LogP contribution in [0.2, 0.25) is 0 Å². The summed E-state index contributed by atoms with van der Waals surface area (Å²) < 4.78 is 0. The molecule has 0 unspecified atom stereocenters. The first-order chi connectivity index (χ1) is 8.27. The molecule has 0 atom stereocenters. The van der Waals surface area contributed by atoms with Crippen LogP contribution in [-0.4, -0.2) is 6.54 Å². The number of hydrogen-bond donors (Lipinski definition) is 1. The van der Waals surface area contributed by atoms with E-state index in [4.69, 9.17) is 0 Å². The Morgan fingerprint density at radius 3 is 2.41 bits per heavy atom. The second-order valence-electron chi connectivity index (χ2n) is 5.49. The molecule has 1 N–H and O–H groups in total. The smallest absolute Gasteiger partial charge is 0.0210 e. The Bertz CT molecular complexity index is 330. The summed E-state index contributed by atoms with van der Waals surface area (Å²) in [6.45, 7) is 6.63. The third-order valence-corrected chi connectivity index (χ3v) is 4.15. The van der Waals surface area contributed by atoms with Gasteiger partial charge in [-0.2, -0.15) is 0 Å². The summed E-state index contributed by atoms with van der Waals surface area (Å²) in [4.78, 5) is 0. The highest BCUT2D eigenvalue weighted by molar-refractivity contribution is 5.33. The van der Waals surface area contributed by atoms with Crippen molar-refractivity contribution in [3.8, 4) is 0 Å². The number of rotatable bonds is 5. The van der Waals surface area contributed by atoms with Crippen LogP contribution in [0.5, 0.6) is 0 Å². The van der Waals surface area contributed by atoms with Crippen molar-refractivity contribution in [1.29, 1.82) is 0 Å². The normalized spacial score (nSPS) is 16.6. The highest BCUT2D eigenvalue weighted by Gasteiger charge is 2.13. The number of aryl methyl sites for hydroxylation is 2. The largest absolute Gasteiger partial charge is 0.313 e. The molecule has 1 nitrogen and oxygen atoms in total. The third-order valence-electron chi connectivity index (χ3n) is 4.15. The van der Waals surface area contributed by atoms with Crippen LogP contribution in [-0.2, 0) is 6.54 Å². The average Bonchev–Trinajstić information content (AvgIpc) is 2.80. The number of nitrogens with one attached hydrogen (secondary N) is 1. The lowest BCUT2D eigenvalue weighted by Gasteiger charge is -2.12. The van der Waals surface area contributed by atoms with Crippen molar-refractivity contribution in [3.63, 3.8) is 0 Å². The van der Waals surface area contributed by atoms with Gasteiger partial charge in [-0.1, -0.05) is 43.9 Å². The van der Waals surface area contributed by atoms with E-state index in [9.17, 15) is 0 Å². The van der Waals surface area contributed by atoms with Gasteiger partial charge in [-0.15, -0.1) is 0 Å². The predicted octanol–water partition coefficient (Wildman–Crippen LogP) is 3.97. The van der Waals surface area contributed by atoms with Crippen molar-refractivity contribution < 1.29 is 0 Å². The zero-order valence-corrected chi connectivity index (χ0v) is 11.3. The lowest BCUT2D eigenvalue weighted by atomic mass is 10.0. The molecule has 1 aliphatic carbocycles. The van der Waals surface area contributed by atoms with E-state index in [1.54, 1.807) is 0 Å². The maximum absolute atomic E-state index is 3.61. The molecule has 0 radical (unpaired) electrons. The lowest BCUT2D eigenvalue weighted by molar-refractivity contribution is 0.477. The Morgan fingerprint density at radius 2 is 1.76 bits per heavy atom. The minimum Gasteiger partial charge on any atom is -0.313 e. The summed E-state index contributed by atoms with van der Waals surface area (Å²) in [6.07, 6.45) is 7.21. The number of benzene rings is 1. The van der Waals surface area contributed by atoms with Crippen LogP contribution < -0.4 is 5.32 Å². The fourth-order valence-electron chi connectivity index (χ4n) is 2.95. The quantitative estimate of drug-likeness (QED) is 0.756. The molecule has 0 aromatic heterocycles. The topological polar surface area (TPSA) is 12.0 Å². The van der Waals surface area contributed by atoms with E-state index in [1.807, 2.05) is 0 Å². The van der Waals surface area contributed by atoms with E-state index in [1.165, 1.54) is 55.3 Å². The van der Waals surface area contributed by atoms with Crippen molar-refractivity contribution in [2.45, 2.75) is 52.5 Å². The number of hydrogen-bond acceptors (Lipinski definition) is 1. The van der Waals surface area contributed by atoms with Crippen LogP contribution in [0.1, 0.15) is 48.8 Å². The molecule has 1 saturated carbocycles. The second kappa shape index (κ2) is 6.20. The van der Waals surface area contributed by atoms with Gasteiger partial charge < -0.3 is 5.32 Å². The van der Waals surface area contributed by atoms with Gasteiger partial charge in [0, 0.05) is 6.54 Å². The van der Waals surface area contributed by atoms with Crippen molar-refractivity contribution in [2.75, 3.05) is 6.54 Å². The average molecular weight is 231 g/mol. The molecule has 0 bridgehead atoms. The standard InChI is InChI=1S/C16H25N/c1-13-6-5-7-14(2)16(13)12-17-11-10-15-8-3-4-9-15/h5-7,15,17H,3-4,8-12H2,1-2H3. The first-order valence-electron chi connectivity index (χ1n) is 7.03. The molecule has 0 aliphatic heterocycles. The molecule has 0 spiro atoms. The van der Waals surface area contributed by atoms with Crippen molar-refractivity contribution in [3.05, 3.63) is 34.9 Å². The SMILES string of the molecule is Cc1cccc(C)c1CNCCC1CCCC1. The van der Waals surface area contributed by atoms with Gasteiger partial charge in [0.05, 0.1) is 0 Å². The molecule has 1 heteroatoms. The second-order valence-corrected chi connectivity index (χ2v) is 5.49. The molecule has 1 fully saturated rings. The Hall–Kier alpha value is -0.820. The van der Waals surface area contributed by atoms with Gasteiger partial charge in [0.1, 0.15) is 0 Å². The minimum absolute atomic E-state index is 1.00. The summed E-state index contributed by atoms with van der Waals surface area (Å²) in [5.74, 6) is 1.00. The zero-order chi connectivity index (χ0) is 12.1. The molecule has 0 heterocycles. The molecule has 17 heavy (non-hydrogen) atoms. The van der Waals surface area contributed by atoms with Gasteiger partial charge in [-0.05, 0) is 49.4 Å². The van der Waals surface area contributed by atoms with Crippen molar-refractivity contribution >= 4 is 0 Å². The van der Waals surface area contributed by atoms with Gasteiger partial charge in [0.25, 0.3) is 0 Å². The lowest BCUT2D eigenvalue weighted by Crippen LogP contribution is -2.18. The van der Waals surface area contributed by atoms with E-state index in [2.05, 4.69) is 37.4 Å². The molecular weight excluding hydrogens is 206 g/mol. The van der Waals surface area contributed by atoms with Crippen molar-refractivity contribution in [2.24, 2.45) is 5.92 Å². The summed E-state index contributed by atoms with van der Waals surface area (Å²) in [7, 11) is 0. The Labute approximate surface area is 106 Å². The van der Waals surface area contributed by atoms with Crippen LogP contribution in [0, 0.1) is 19.8 Å². The van der Waals surface area contributed by atoms with Crippen LogP contribution in [0.3, 0.4) is 0 Å². The first-order valence-corrected chi connectivity index (χ1v) is 7.03. The predicted molar refractivity (Wildman–Crippen MR) is 74.2 cm³/mol. The van der Waals surface area contributed by atoms with Gasteiger partial charge in [0.15, 0.2) is 0 Å². The fourth-order valence-corrected chi connectivity index (χ4v) is 2.95. The highest BCUT2D eigenvalue weighted by Crippen LogP contribution is 2.26. The van der Waals surface area contributed by atoms with Crippen LogP contribution in [0.15, 0.2) is 18.2 Å². The zero-order valence-electron chi connectivity index (χ0n) is 11.3. The van der Waals surface area contributed by atoms with Crippen LogP contribution in [0.4, 0.5) is 0 Å². The summed E-state index contributed by atoms with van der Waals surface area (Å²) in [5, 5.41) is 3.61. The van der Waals surface area contributed by atoms with E-state index >= 15 is 0 Å². The molecule has 94 valence electrons. The molecule has 0 amide bonds. The Kier molecular flexibility index (Phi) is 4.61. The first kappa shape index (κ1) is 12.6. The minimum atomic E-state index is 1.00. The van der Waals surface area contributed by atoms with E-state index in [0.717, 1.165) is 12.5 Å². The van der Waals surface area contributed by atoms with E-state index in [-0.39, 0.29) is 0 Å². The van der Waals surface area contributed by atoms with Crippen molar-refractivity contribution in [1.82, 2.24) is 5.32 Å². The molecule has 0 saturated heterocycles. The summed E-state index contributed by atoms with van der Waals surface area (Å²) >= 11 is 0. The summed E-state index contributed by atoms with van der Waals surface area (Å²) in [5.41, 5.74) is 4.32. The third kappa shape index (κ3) is 3.57. The molecule has 1 aliphatic rings. The van der Waals surface area contributed by atoms with Crippen LogP contribution >= 0.6 is 0 Å². The van der Waals surface area contributed by atoms with Gasteiger partial charge >= 0.3 is 0 Å². The Balaban J connectivity index is 1.74. The highest BCUT2D eigenvalue weighted by atomic mass is 14.8. The molecule has 2 rings (SSSR count). The maximum atomic E-state index is 3.61. The van der Waals surface area contributed by atoms with Gasteiger partial charge in [0.2, 0.25) is 0 Å².